The highest BCUT2D eigenvalue weighted by Crippen LogP contribution is 2.35. The molecular formula is C18H22ClNO5. The Morgan fingerprint density at radius 1 is 1.24 bits per heavy atom. The molecule has 0 unspecified atom stereocenters. The molecule has 2 atom stereocenters. The molecule has 2 saturated heterocycles. The predicted molar refractivity (Wildman–Crippen MR) is 91.7 cm³/mol. The topological polar surface area (TPSA) is 84.9 Å². The monoisotopic (exact) mass is 367 g/mol. The van der Waals surface area contributed by atoms with E-state index in [4.69, 9.17) is 26.2 Å². The molecule has 0 saturated carbocycles. The van der Waals surface area contributed by atoms with Gasteiger partial charge < -0.3 is 19.9 Å². The fourth-order valence-corrected chi connectivity index (χ4v) is 3.72. The summed E-state index contributed by atoms with van der Waals surface area (Å²) in [6.45, 7) is 1.71. The molecule has 0 radical (unpaired) electrons. The third kappa shape index (κ3) is 4.14. The zero-order valence-electron chi connectivity index (χ0n) is 13.9. The van der Waals surface area contributed by atoms with Gasteiger partial charge in [-0.25, -0.2) is 4.79 Å². The van der Waals surface area contributed by atoms with Gasteiger partial charge in [0.15, 0.2) is 6.10 Å². The molecule has 7 heteroatoms. The van der Waals surface area contributed by atoms with Gasteiger partial charge in [-0.3, -0.25) is 4.79 Å². The maximum absolute atomic E-state index is 12.4. The lowest BCUT2D eigenvalue weighted by atomic mass is 9.74. The molecule has 2 aliphatic heterocycles. The van der Waals surface area contributed by atoms with Crippen LogP contribution in [-0.4, -0.2) is 48.9 Å². The maximum Gasteiger partial charge on any atom is 0.332 e. The van der Waals surface area contributed by atoms with Gasteiger partial charge in [-0.2, -0.15) is 0 Å². The van der Waals surface area contributed by atoms with Crippen LogP contribution in [0.15, 0.2) is 24.3 Å². The summed E-state index contributed by atoms with van der Waals surface area (Å²) in [5.41, 5.74) is 0.850. The number of carbonyl (C=O) groups excluding carboxylic acids is 1. The van der Waals surface area contributed by atoms with Gasteiger partial charge in [0.05, 0.1) is 0 Å². The van der Waals surface area contributed by atoms with Crippen LogP contribution in [0.1, 0.15) is 31.2 Å². The van der Waals surface area contributed by atoms with E-state index in [2.05, 4.69) is 5.32 Å². The molecule has 1 aromatic rings. The highest BCUT2D eigenvalue weighted by atomic mass is 35.5. The first-order valence-corrected chi connectivity index (χ1v) is 8.88. The number of aliphatic carboxylic acids is 1. The molecule has 2 aliphatic rings. The molecule has 2 heterocycles. The quantitative estimate of drug-likeness (QED) is 0.832. The molecule has 25 heavy (non-hydrogen) atoms. The Hall–Kier alpha value is -1.63. The van der Waals surface area contributed by atoms with E-state index in [0.717, 1.165) is 18.4 Å². The fraction of sp³-hybridized carbons (Fsp3) is 0.556. The van der Waals surface area contributed by atoms with E-state index in [0.29, 0.717) is 37.6 Å². The Balaban J connectivity index is 1.67. The molecule has 2 N–H and O–H groups in total. The second-order valence-corrected chi connectivity index (χ2v) is 7.09. The summed E-state index contributed by atoms with van der Waals surface area (Å²) in [6.07, 6.45) is 0.781. The third-order valence-corrected chi connectivity index (χ3v) is 5.31. The van der Waals surface area contributed by atoms with E-state index in [9.17, 15) is 9.59 Å². The molecular weight excluding hydrogens is 346 g/mol. The van der Waals surface area contributed by atoms with Gasteiger partial charge in [0.1, 0.15) is 6.10 Å². The molecule has 6 nitrogen and oxygen atoms in total. The van der Waals surface area contributed by atoms with Crippen molar-refractivity contribution in [2.45, 2.75) is 43.3 Å². The Bertz CT molecular complexity index is 644. The normalized spacial score (nSPS) is 25.5. The standard InChI is InChI=1S/C18H22ClNO5/c19-13-3-1-2-12(10-13)18(6-8-24-9-7-18)11-20-16(21)14-4-5-15(25-14)17(22)23/h1-3,10,14-15H,4-9,11H2,(H,20,21)(H,22,23)/t14-,15+/m0/s1. The summed E-state index contributed by atoms with van der Waals surface area (Å²) in [6, 6.07) is 7.70. The van der Waals surface area contributed by atoms with Gasteiger partial charge in [-0.1, -0.05) is 23.7 Å². The van der Waals surface area contributed by atoms with E-state index < -0.39 is 18.2 Å². The third-order valence-electron chi connectivity index (χ3n) is 5.08. The van der Waals surface area contributed by atoms with Crippen LogP contribution in [0.4, 0.5) is 0 Å². The number of benzene rings is 1. The lowest BCUT2D eigenvalue weighted by Gasteiger charge is -2.38. The van der Waals surface area contributed by atoms with Crippen molar-refractivity contribution in [1.29, 1.82) is 0 Å². The molecule has 1 amide bonds. The average Bonchev–Trinajstić information content (AvgIpc) is 3.11. The van der Waals surface area contributed by atoms with E-state index in [1.54, 1.807) is 0 Å². The van der Waals surface area contributed by atoms with Gasteiger partial charge in [-0.15, -0.1) is 0 Å². The van der Waals surface area contributed by atoms with Crippen LogP contribution in [0.5, 0.6) is 0 Å². The van der Waals surface area contributed by atoms with Crippen LogP contribution in [0.25, 0.3) is 0 Å². The minimum Gasteiger partial charge on any atom is -0.479 e. The summed E-state index contributed by atoms with van der Waals surface area (Å²) in [4.78, 5) is 23.4. The largest absolute Gasteiger partial charge is 0.479 e. The van der Waals surface area contributed by atoms with E-state index >= 15 is 0 Å². The highest BCUT2D eigenvalue weighted by Gasteiger charge is 2.38. The first-order chi connectivity index (χ1) is 12.0. The number of carboxylic acid groups (broad SMARTS) is 1. The molecule has 1 aromatic carbocycles. The van der Waals surface area contributed by atoms with Crippen LogP contribution in [0.2, 0.25) is 5.02 Å². The van der Waals surface area contributed by atoms with E-state index in [1.165, 1.54) is 0 Å². The first kappa shape index (κ1) is 18.2. The lowest BCUT2D eigenvalue weighted by molar-refractivity contribution is -0.151. The van der Waals surface area contributed by atoms with Gasteiger partial charge in [0.2, 0.25) is 5.91 Å². The van der Waals surface area contributed by atoms with Crippen LogP contribution in [0.3, 0.4) is 0 Å². The van der Waals surface area contributed by atoms with Crippen molar-refractivity contribution in [3.05, 3.63) is 34.9 Å². The second-order valence-electron chi connectivity index (χ2n) is 6.65. The minimum absolute atomic E-state index is 0.233. The number of ether oxygens (including phenoxy) is 2. The van der Waals surface area contributed by atoms with Gasteiger partial charge in [0, 0.05) is 30.2 Å². The summed E-state index contributed by atoms with van der Waals surface area (Å²) < 4.78 is 10.8. The van der Waals surface area contributed by atoms with Crippen molar-refractivity contribution in [3.63, 3.8) is 0 Å². The van der Waals surface area contributed by atoms with Crippen LogP contribution < -0.4 is 5.32 Å². The Morgan fingerprint density at radius 2 is 1.96 bits per heavy atom. The van der Waals surface area contributed by atoms with Crippen LogP contribution in [-0.2, 0) is 24.5 Å². The second kappa shape index (κ2) is 7.72. The van der Waals surface area contributed by atoms with Crippen LogP contribution >= 0.6 is 11.6 Å². The molecule has 2 fully saturated rings. The van der Waals surface area contributed by atoms with Crippen molar-refractivity contribution >= 4 is 23.5 Å². The number of amides is 1. The van der Waals surface area contributed by atoms with Crippen molar-refractivity contribution in [2.24, 2.45) is 0 Å². The number of carboxylic acids is 1. The zero-order valence-corrected chi connectivity index (χ0v) is 14.6. The van der Waals surface area contributed by atoms with Crippen molar-refractivity contribution < 1.29 is 24.2 Å². The molecule has 3 rings (SSSR count). The number of hydrogen-bond donors (Lipinski definition) is 2. The zero-order chi connectivity index (χ0) is 17.9. The molecule has 0 spiro atoms. The number of carbonyl (C=O) groups is 2. The van der Waals surface area contributed by atoms with Crippen molar-refractivity contribution in [1.82, 2.24) is 5.32 Å². The maximum atomic E-state index is 12.4. The Labute approximate surface area is 151 Å². The molecule has 0 aromatic heterocycles. The number of rotatable bonds is 5. The fourth-order valence-electron chi connectivity index (χ4n) is 3.53. The van der Waals surface area contributed by atoms with Gasteiger partial charge in [0.25, 0.3) is 0 Å². The van der Waals surface area contributed by atoms with Gasteiger partial charge in [-0.05, 0) is 43.4 Å². The SMILES string of the molecule is O=C(NCC1(c2cccc(Cl)c2)CCOCC1)[C@@H]1CC[C@H](C(=O)O)O1. The summed E-state index contributed by atoms with van der Waals surface area (Å²) in [5.74, 6) is -1.27. The summed E-state index contributed by atoms with van der Waals surface area (Å²) in [5, 5.41) is 12.6. The van der Waals surface area contributed by atoms with E-state index in [1.807, 2.05) is 24.3 Å². The number of halogens is 1. The van der Waals surface area contributed by atoms with Crippen molar-refractivity contribution in [3.8, 4) is 0 Å². The molecule has 0 aliphatic carbocycles. The summed E-state index contributed by atoms with van der Waals surface area (Å²) in [7, 11) is 0. The molecule has 0 bridgehead atoms. The predicted octanol–water partition coefficient (Wildman–Crippen LogP) is 2.14. The van der Waals surface area contributed by atoms with Crippen molar-refractivity contribution in [2.75, 3.05) is 19.8 Å². The number of nitrogens with one attached hydrogen (secondary N) is 1. The van der Waals surface area contributed by atoms with Crippen LogP contribution in [0, 0.1) is 0 Å². The summed E-state index contributed by atoms with van der Waals surface area (Å²) >= 11 is 6.14. The average molecular weight is 368 g/mol. The van der Waals surface area contributed by atoms with Gasteiger partial charge >= 0.3 is 5.97 Å². The highest BCUT2D eigenvalue weighted by molar-refractivity contribution is 6.30. The minimum atomic E-state index is -1.02. The number of hydrogen-bond acceptors (Lipinski definition) is 4. The van der Waals surface area contributed by atoms with E-state index in [-0.39, 0.29) is 11.3 Å². The lowest BCUT2D eigenvalue weighted by Crippen LogP contribution is -2.47. The molecule has 136 valence electrons. The smallest absolute Gasteiger partial charge is 0.332 e. The Morgan fingerprint density at radius 3 is 2.60 bits per heavy atom. The first-order valence-electron chi connectivity index (χ1n) is 8.50. The Kier molecular flexibility index (Phi) is 5.61.